The molecule has 2 N–H and O–H groups in total. The van der Waals surface area contributed by atoms with Gasteiger partial charge in [-0.2, -0.15) is 4.98 Å². The van der Waals surface area contributed by atoms with Crippen LogP contribution >= 0.6 is 0 Å². The van der Waals surface area contributed by atoms with Gasteiger partial charge >= 0.3 is 5.97 Å². The number of carbonyl (C=O) groups is 1. The third-order valence-electron chi connectivity index (χ3n) is 4.40. The third-order valence-corrected chi connectivity index (χ3v) is 4.40. The summed E-state index contributed by atoms with van der Waals surface area (Å²) < 4.78 is 5.01. The van der Waals surface area contributed by atoms with Crippen LogP contribution < -0.4 is 10.6 Å². The Morgan fingerprint density at radius 2 is 1.80 bits per heavy atom. The molecule has 0 saturated carbocycles. The quantitative estimate of drug-likeness (QED) is 0.441. The van der Waals surface area contributed by atoms with Gasteiger partial charge in [-0.15, -0.1) is 0 Å². The van der Waals surface area contributed by atoms with Gasteiger partial charge in [-0.3, -0.25) is 4.98 Å². The number of aryl methyl sites for hydroxylation is 1. The highest BCUT2D eigenvalue weighted by molar-refractivity contribution is 5.92. The zero-order chi connectivity index (χ0) is 20.9. The molecule has 0 aliphatic carbocycles. The number of esters is 1. The van der Waals surface area contributed by atoms with Gasteiger partial charge in [0.1, 0.15) is 5.82 Å². The van der Waals surface area contributed by atoms with Gasteiger partial charge in [-0.05, 0) is 50.2 Å². The number of para-hydroxylation sites is 1. The van der Waals surface area contributed by atoms with Crippen molar-refractivity contribution in [2.45, 2.75) is 13.8 Å². The van der Waals surface area contributed by atoms with Crippen LogP contribution in [0, 0.1) is 6.92 Å². The fourth-order valence-electron chi connectivity index (χ4n) is 3.06. The molecule has 0 saturated heterocycles. The minimum absolute atomic E-state index is 0.342. The summed E-state index contributed by atoms with van der Waals surface area (Å²) in [4.78, 5) is 25.3. The molecule has 0 fully saturated rings. The maximum atomic E-state index is 11.8. The predicted octanol–water partition coefficient (Wildman–Crippen LogP) is 5.00. The van der Waals surface area contributed by atoms with Crippen LogP contribution in [-0.2, 0) is 4.74 Å². The Kier molecular flexibility index (Phi) is 5.52. The van der Waals surface area contributed by atoms with E-state index in [-0.39, 0.29) is 5.97 Å². The molecule has 2 aromatic carbocycles. The van der Waals surface area contributed by atoms with Gasteiger partial charge in [-0.1, -0.05) is 18.2 Å². The Bertz CT molecular complexity index is 1190. The molecule has 30 heavy (non-hydrogen) atoms. The zero-order valence-electron chi connectivity index (χ0n) is 16.7. The first kappa shape index (κ1) is 19.3. The van der Waals surface area contributed by atoms with Gasteiger partial charge in [-0.25, -0.2) is 9.78 Å². The van der Waals surface area contributed by atoms with Gasteiger partial charge in [0.25, 0.3) is 0 Å². The van der Waals surface area contributed by atoms with Crippen LogP contribution in [0.1, 0.15) is 23.0 Å². The van der Waals surface area contributed by atoms with Crippen molar-refractivity contribution in [1.29, 1.82) is 0 Å². The van der Waals surface area contributed by atoms with Crippen molar-refractivity contribution in [3.63, 3.8) is 0 Å². The summed E-state index contributed by atoms with van der Waals surface area (Å²) in [6, 6.07) is 18.8. The van der Waals surface area contributed by atoms with Crippen molar-refractivity contribution in [2.75, 3.05) is 17.2 Å². The highest BCUT2D eigenvalue weighted by atomic mass is 16.5. The molecule has 0 aliphatic rings. The lowest BCUT2D eigenvalue weighted by molar-refractivity contribution is 0.0526. The van der Waals surface area contributed by atoms with E-state index in [1.807, 2.05) is 43.3 Å². The number of nitrogens with one attached hydrogen (secondary N) is 2. The molecule has 4 aromatic rings. The van der Waals surface area contributed by atoms with E-state index in [0.29, 0.717) is 23.9 Å². The standard InChI is InChI=1S/C23H21N5O2/c1-3-30-22(29)17-9-11-18(12-10-17)26-23-25-15(2)14-20(28-23)27-19-8-4-6-16-7-5-13-24-21(16)19/h4-14H,3H2,1-2H3,(H2,25,26,27,28). The van der Waals surface area contributed by atoms with Crippen LogP contribution in [-0.4, -0.2) is 27.5 Å². The fraction of sp³-hybridized carbons (Fsp3) is 0.130. The molecule has 2 aromatic heterocycles. The molecule has 7 heteroatoms. The Labute approximate surface area is 174 Å². The summed E-state index contributed by atoms with van der Waals surface area (Å²) in [7, 11) is 0. The molecule has 0 atom stereocenters. The molecule has 0 unspecified atom stereocenters. The number of fused-ring (bicyclic) bond motifs is 1. The zero-order valence-corrected chi connectivity index (χ0v) is 16.7. The minimum atomic E-state index is -0.342. The second-order valence-electron chi connectivity index (χ2n) is 6.65. The second kappa shape index (κ2) is 8.57. The van der Waals surface area contributed by atoms with E-state index < -0.39 is 0 Å². The van der Waals surface area contributed by atoms with E-state index in [2.05, 4.69) is 25.6 Å². The predicted molar refractivity (Wildman–Crippen MR) is 117 cm³/mol. The summed E-state index contributed by atoms with van der Waals surface area (Å²) in [5, 5.41) is 7.56. The van der Waals surface area contributed by atoms with Crippen LogP contribution in [0.4, 0.5) is 23.1 Å². The van der Waals surface area contributed by atoms with Crippen LogP contribution in [0.25, 0.3) is 10.9 Å². The normalized spacial score (nSPS) is 10.6. The number of nitrogens with zero attached hydrogens (tertiary/aromatic N) is 3. The lowest BCUT2D eigenvalue weighted by atomic mass is 10.2. The molecular formula is C23H21N5O2. The molecular weight excluding hydrogens is 378 g/mol. The molecule has 4 rings (SSSR count). The van der Waals surface area contributed by atoms with E-state index >= 15 is 0 Å². The average Bonchev–Trinajstić information content (AvgIpc) is 2.74. The Balaban J connectivity index is 1.55. The molecule has 0 bridgehead atoms. The van der Waals surface area contributed by atoms with Crippen LogP contribution in [0.15, 0.2) is 66.9 Å². The number of pyridine rings is 1. The first-order valence-corrected chi connectivity index (χ1v) is 9.63. The maximum absolute atomic E-state index is 11.8. The summed E-state index contributed by atoms with van der Waals surface area (Å²) >= 11 is 0. The van der Waals surface area contributed by atoms with E-state index in [4.69, 9.17) is 4.74 Å². The van der Waals surface area contributed by atoms with Crippen LogP contribution in [0.3, 0.4) is 0 Å². The Morgan fingerprint density at radius 3 is 2.60 bits per heavy atom. The second-order valence-corrected chi connectivity index (χ2v) is 6.65. The van der Waals surface area contributed by atoms with E-state index in [1.54, 1.807) is 37.4 Å². The third kappa shape index (κ3) is 4.35. The summed E-state index contributed by atoms with van der Waals surface area (Å²) in [6.07, 6.45) is 1.77. The first-order valence-electron chi connectivity index (χ1n) is 9.63. The lowest BCUT2D eigenvalue weighted by Crippen LogP contribution is -2.05. The minimum Gasteiger partial charge on any atom is -0.462 e. The molecule has 0 radical (unpaired) electrons. The number of benzene rings is 2. The van der Waals surface area contributed by atoms with Gasteiger partial charge in [0.2, 0.25) is 5.95 Å². The largest absolute Gasteiger partial charge is 0.462 e. The smallest absolute Gasteiger partial charge is 0.338 e. The molecule has 150 valence electrons. The number of ether oxygens (including phenoxy) is 1. The molecule has 7 nitrogen and oxygen atoms in total. The van der Waals surface area contributed by atoms with Crippen molar-refractivity contribution in [2.24, 2.45) is 0 Å². The Morgan fingerprint density at radius 1 is 1.00 bits per heavy atom. The van der Waals surface area contributed by atoms with E-state index in [9.17, 15) is 4.79 Å². The van der Waals surface area contributed by atoms with Gasteiger partial charge in [0.15, 0.2) is 0 Å². The van der Waals surface area contributed by atoms with Crippen LogP contribution in [0.2, 0.25) is 0 Å². The highest BCUT2D eigenvalue weighted by Gasteiger charge is 2.08. The topological polar surface area (TPSA) is 89.0 Å². The van der Waals surface area contributed by atoms with Gasteiger partial charge < -0.3 is 15.4 Å². The molecule has 2 heterocycles. The van der Waals surface area contributed by atoms with E-state index in [1.165, 1.54) is 0 Å². The Hall–Kier alpha value is -4.00. The number of rotatable bonds is 6. The number of anilines is 4. The maximum Gasteiger partial charge on any atom is 0.338 e. The highest BCUT2D eigenvalue weighted by Crippen LogP contribution is 2.25. The molecule has 0 aliphatic heterocycles. The lowest BCUT2D eigenvalue weighted by Gasteiger charge is -2.11. The van der Waals surface area contributed by atoms with E-state index in [0.717, 1.165) is 28.0 Å². The number of carbonyl (C=O) groups excluding carboxylic acids is 1. The van der Waals surface area contributed by atoms with Crippen molar-refractivity contribution in [1.82, 2.24) is 15.0 Å². The fourth-order valence-corrected chi connectivity index (χ4v) is 3.06. The van der Waals surface area contributed by atoms with Crippen molar-refractivity contribution in [3.05, 3.63) is 78.1 Å². The molecule has 0 amide bonds. The summed E-state index contributed by atoms with van der Waals surface area (Å²) in [6.45, 7) is 4.03. The van der Waals surface area contributed by atoms with Crippen molar-refractivity contribution >= 4 is 40.0 Å². The summed E-state index contributed by atoms with van der Waals surface area (Å²) in [5.74, 6) is 0.770. The van der Waals surface area contributed by atoms with Gasteiger partial charge in [0, 0.05) is 29.0 Å². The number of hydrogen-bond donors (Lipinski definition) is 2. The van der Waals surface area contributed by atoms with Crippen molar-refractivity contribution in [3.8, 4) is 0 Å². The monoisotopic (exact) mass is 399 g/mol. The SMILES string of the molecule is CCOC(=O)c1ccc(Nc2nc(C)cc(Nc3cccc4cccnc34)n2)cc1. The first-order chi connectivity index (χ1) is 14.6. The molecule has 0 spiro atoms. The number of hydrogen-bond acceptors (Lipinski definition) is 7. The summed E-state index contributed by atoms with van der Waals surface area (Å²) in [5.41, 5.74) is 3.83. The van der Waals surface area contributed by atoms with Crippen molar-refractivity contribution < 1.29 is 9.53 Å². The number of aromatic nitrogens is 3. The van der Waals surface area contributed by atoms with Crippen LogP contribution in [0.5, 0.6) is 0 Å². The average molecular weight is 399 g/mol. The van der Waals surface area contributed by atoms with Gasteiger partial charge in [0.05, 0.1) is 23.4 Å².